The highest BCUT2D eigenvalue weighted by Crippen LogP contribution is 2.34. The van der Waals surface area contributed by atoms with Gasteiger partial charge in [-0.15, -0.1) is 0 Å². The molecule has 1 unspecified atom stereocenters. The van der Waals surface area contributed by atoms with Crippen molar-refractivity contribution < 1.29 is 14.3 Å². The van der Waals surface area contributed by atoms with Crippen molar-refractivity contribution in [1.29, 1.82) is 0 Å². The van der Waals surface area contributed by atoms with Gasteiger partial charge in [-0.3, -0.25) is 0 Å². The Morgan fingerprint density at radius 3 is 3.05 bits per heavy atom. The topological polar surface area (TPSA) is 73.3 Å². The molecule has 114 valence electrons. The van der Waals surface area contributed by atoms with Crippen LogP contribution >= 0.6 is 0 Å². The summed E-state index contributed by atoms with van der Waals surface area (Å²) in [5.41, 5.74) is 1.71. The Kier molecular flexibility index (Phi) is 3.91. The molecule has 1 atom stereocenters. The molecule has 1 saturated heterocycles. The smallest absolute Gasteiger partial charge is 0.357 e. The van der Waals surface area contributed by atoms with E-state index in [-0.39, 0.29) is 5.97 Å². The Balaban J connectivity index is 2.06. The van der Waals surface area contributed by atoms with Gasteiger partial charge in [-0.05, 0) is 26.7 Å². The van der Waals surface area contributed by atoms with Crippen molar-refractivity contribution in [3.05, 3.63) is 22.8 Å². The molecule has 1 N–H and O–H groups in total. The molecule has 6 heteroatoms. The molecular formula is C15H21N3O3. The second-order valence-electron chi connectivity index (χ2n) is 5.65. The van der Waals surface area contributed by atoms with E-state index in [1.54, 1.807) is 6.92 Å². The highest BCUT2D eigenvalue weighted by Gasteiger charge is 2.37. The van der Waals surface area contributed by atoms with Crippen molar-refractivity contribution >= 4 is 5.97 Å². The Bertz CT molecular complexity index is 553. The quantitative estimate of drug-likeness (QED) is 0.847. The van der Waals surface area contributed by atoms with Crippen LogP contribution in [0.15, 0.2) is 0 Å². The number of carbonyl (C=O) groups is 1. The van der Waals surface area contributed by atoms with Crippen molar-refractivity contribution in [1.82, 2.24) is 15.3 Å². The molecule has 2 aliphatic rings. The first-order chi connectivity index (χ1) is 10.1. The second kappa shape index (κ2) is 5.69. The number of carbonyl (C=O) groups excluding carboxylic acids is 1. The molecule has 2 aliphatic heterocycles. The standard InChI is InChI=1S/C15H21N3O3/c1-3-20-13(19)12-10-9-16-7-5-11(10)17-14(18-12)15(2)6-4-8-21-15/h16H,3-9H2,1-2H3. The minimum absolute atomic E-state index is 0.341. The van der Waals surface area contributed by atoms with E-state index in [0.717, 1.165) is 37.1 Å². The highest BCUT2D eigenvalue weighted by molar-refractivity contribution is 5.89. The van der Waals surface area contributed by atoms with Crippen LogP contribution in [0.3, 0.4) is 0 Å². The lowest BCUT2D eigenvalue weighted by molar-refractivity contribution is 0.00868. The van der Waals surface area contributed by atoms with E-state index in [1.807, 2.05) is 6.92 Å². The number of esters is 1. The van der Waals surface area contributed by atoms with Gasteiger partial charge < -0.3 is 14.8 Å². The van der Waals surface area contributed by atoms with Crippen LogP contribution in [0, 0.1) is 0 Å². The van der Waals surface area contributed by atoms with Crippen molar-refractivity contribution in [3.63, 3.8) is 0 Å². The molecule has 0 saturated carbocycles. The third-order valence-electron chi connectivity index (χ3n) is 4.09. The van der Waals surface area contributed by atoms with Gasteiger partial charge >= 0.3 is 5.97 Å². The average Bonchev–Trinajstić information content (AvgIpc) is 2.94. The predicted octanol–water partition coefficient (Wildman–Crippen LogP) is 1.32. The number of fused-ring (bicyclic) bond motifs is 1. The van der Waals surface area contributed by atoms with E-state index in [1.165, 1.54) is 0 Å². The molecule has 0 aliphatic carbocycles. The van der Waals surface area contributed by atoms with Crippen molar-refractivity contribution in [2.45, 2.75) is 45.3 Å². The Hall–Kier alpha value is -1.53. The average molecular weight is 291 g/mol. The molecule has 0 amide bonds. The van der Waals surface area contributed by atoms with Gasteiger partial charge in [-0.25, -0.2) is 14.8 Å². The number of nitrogens with one attached hydrogen (secondary N) is 1. The number of hydrogen-bond donors (Lipinski definition) is 1. The molecule has 1 aromatic heterocycles. The summed E-state index contributed by atoms with van der Waals surface area (Å²) in [4.78, 5) is 21.4. The lowest BCUT2D eigenvalue weighted by Gasteiger charge is -2.25. The molecular weight excluding hydrogens is 270 g/mol. The SMILES string of the molecule is CCOC(=O)c1nc(C2(C)CCCO2)nc2c1CNCC2. The summed E-state index contributed by atoms with van der Waals surface area (Å²) in [6.07, 6.45) is 2.67. The van der Waals surface area contributed by atoms with Gasteiger partial charge in [-0.1, -0.05) is 0 Å². The van der Waals surface area contributed by atoms with Crippen molar-refractivity contribution in [3.8, 4) is 0 Å². The zero-order chi connectivity index (χ0) is 14.9. The first-order valence-corrected chi connectivity index (χ1v) is 7.56. The van der Waals surface area contributed by atoms with Crippen LogP contribution in [0.25, 0.3) is 0 Å². The summed E-state index contributed by atoms with van der Waals surface area (Å²) in [6.45, 7) is 6.33. The van der Waals surface area contributed by atoms with E-state index in [2.05, 4.69) is 15.3 Å². The molecule has 0 bridgehead atoms. The lowest BCUT2D eigenvalue weighted by atomic mass is 9.99. The summed E-state index contributed by atoms with van der Waals surface area (Å²) < 4.78 is 11.0. The molecule has 0 radical (unpaired) electrons. The van der Waals surface area contributed by atoms with Crippen LogP contribution < -0.4 is 5.32 Å². The van der Waals surface area contributed by atoms with Gasteiger partial charge in [-0.2, -0.15) is 0 Å². The van der Waals surface area contributed by atoms with Crippen LogP contribution in [-0.2, 0) is 28.0 Å². The summed E-state index contributed by atoms with van der Waals surface area (Å²) in [5.74, 6) is 0.242. The molecule has 21 heavy (non-hydrogen) atoms. The first kappa shape index (κ1) is 14.4. The predicted molar refractivity (Wildman–Crippen MR) is 75.9 cm³/mol. The zero-order valence-electron chi connectivity index (χ0n) is 12.6. The van der Waals surface area contributed by atoms with Crippen LogP contribution in [-0.4, -0.2) is 35.7 Å². The minimum atomic E-state index is -0.485. The van der Waals surface area contributed by atoms with Crippen LogP contribution in [0.4, 0.5) is 0 Å². The summed E-state index contributed by atoms with van der Waals surface area (Å²) in [6, 6.07) is 0. The molecule has 6 nitrogen and oxygen atoms in total. The van der Waals surface area contributed by atoms with Gasteiger partial charge in [0.25, 0.3) is 0 Å². The molecule has 1 aromatic rings. The van der Waals surface area contributed by atoms with E-state index < -0.39 is 5.60 Å². The number of rotatable bonds is 3. The van der Waals surface area contributed by atoms with E-state index in [4.69, 9.17) is 9.47 Å². The molecule has 3 rings (SSSR count). The monoisotopic (exact) mass is 291 g/mol. The second-order valence-corrected chi connectivity index (χ2v) is 5.65. The fraction of sp³-hybridized carbons (Fsp3) is 0.667. The van der Waals surface area contributed by atoms with E-state index in [0.29, 0.717) is 31.3 Å². The fourth-order valence-electron chi connectivity index (χ4n) is 2.90. The number of hydrogen-bond acceptors (Lipinski definition) is 6. The molecule has 0 spiro atoms. The maximum Gasteiger partial charge on any atom is 0.357 e. The van der Waals surface area contributed by atoms with Crippen molar-refractivity contribution in [2.24, 2.45) is 0 Å². The maximum absolute atomic E-state index is 12.2. The maximum atomic E-state index is 12.2. The van der Waals surface area contributed by atoms with Gasteiger partial charge in [0.05, 0.1) is 12.3 Å². The molecule has 0 aromatic carbocycles. The van der Waals surface area contributed by atoms with Crippen LogP contribution in [0.1, 0.15) is 54.3 Å². The van der Waals surface area contributed by atoms with E-state index >= 15 is 0 Å². The summed E-state index contributed by atoms with van der Waals surface area (Å²) in [7, 11) is 0. The fourth-order valence-corrected chi connectivity index (χ4v) is 2.90. The first-order valence-electron chi connectivity index (χ1n) is 7.56. The molecule has 3 heterocycles. The largest absolute Gasteiger partial charge is 0.461 e. The number of nitrogens with zero attached hydrogens (tertiary/aromatic N) is 2. The van der Waals surface area contributed by atoms with Gasteiger partial charge in [0.1, 0.15) is 5.60 Å². The summed E-state index contributed by atoms with van der Waals surface area (Å²) in [5, 5.41) is 3.26. The highest BCUT2D eigenvalue weighted by atomic mass is 16.5. The van der Waals surface area contributed by atoms with Gasteiger partial charge in [0, 0.05) is 31.7 Å². The normalized spacial score (nSPS) is 24.7. The van der Waals surface area contributed by atoms with Crippen LogP contribution in [0.2, 0.25) is 0 Å². The summed E-state index contributed by atoms with van der Waals surface area (Å²) >= 11 is 0. The number of aromatic nitrogens is 2. The van der Waals surface area contributed by atoms with Gasteiger partial charge in [0.15, 0.2) is 11.5 Å². The third-order valence-corrected chi connectivity index (χ3v) is 4.09. The Morgan fingerprint density at radius 2 is 2.33 bits per heavy atom. The van der Waals surface area contributed by atoms with Crippen LogP contribution in [0.5, 0.6) is 0 Å². The van der Waals surface area contributed by atoms with Gasteiger partial charge in [0.2, 0.25) is 0 Å². The molecule has 1 fully saturated rings. The Labute approximate surface area is 124 Å². The van der Waals surface area contributed by atoms with E-state index in [9.17, 15) is 4.79 Å². The van der Waals surface area contributed by atoms with Crippen molar-refractivity contribution in [2.75, 3.05) is 19.8 Å². The minimum Gasteiger partial charge on any atom is -0.461 e. The third kappa shape index (κ3) is 2.65. The number of ether oxygens (including phenoxy) is 2. The zero-order valence-corrected chi connectivity index (χ0v) is 12.6. The lowest BCUT2D eigenvalue weighted by Crippen LogP contribution is -2.32. The Morgan fingerprint density at radius 1 is 1.48 bits per heavy atom.